The van der Waals surface area contributed by atoms with Gasteiger partial charge in [0, 0.05) is 35.3 Å². The van der Waals surface area contributed by atoms with Crippen molar-refractivity contribution in [3.8, 4) is 11.3 Å². The van der Waals surface area contributed by atoms with Crippen LogP contribution in [0.1, 0.15) is 22.7 Å². The van der Waals surface area contributed by atoms with Crippen molar-refractivity contribution >= 4 is 28.6 Å². The molecule has 2 heterocycles. The first-order valence-corrected chi connectivity index (χ1v) is 10.00. The molecular weight excluding hydrogens is 348 g/mol. The summed E-state index contributed by atoms with van der Waals surface area (Å²) in [5.74, 6) is 1.27. The molecule has 4 nitrogen and oxygen atoms in total. The van der Waals surface area contributed by atoms with E-state index >= 15 is 0 Å². The SMILES string of the molecule is CN=C(NCc1nc(-c2ccccc2)cs1)NCC(C)c1cccs1. The Bertz CT molecular complexity index is 794. The summed E-state index contributed by atoms with van der Waals surface area (Å²) in [5, 5.41) is 12.0. The minimum Gasteiger partial charge on any atom is -0.356 e. The van der Waals surface area contributed by atoms with Crippen LogP contribution < -0.4 is 10.6 Å². The number of rotatable bonds is 6. The first-order chi connectivity index (χ1) is 12.3. The Morgan fingerprint density at radius 1 is 1.12 bits per heavy atom. The third-order valence-electron chi connectivity index (χ3n) is 3.86. The number of benzene rings is 1. The van der Waals surface area contributed by atoms with Gasteiger partial charge in [0.2, 0.25) is 0 Å². The average molecular weight is 371 g/mol. The van der Waals surface area contributed by atoms with Crippen molar-refractivity contribution in [2.24, 2.45) is 4.99 Å². The average Bonchev–Trinajstić information content (AvgIpc) is 3.34. The molecular formula is C19H22N4S2. The van der Waals surface area contributed by atoms with Crippen molar-refractivity contribution in [1.82, 2.24) is 15.6 Å². The van der Waals surface area contributed by atoms with E-state index in [1.165, 1.54) is 4.88 Å². The zero-order valence-electron chi connectivity index (χ0n) is 14.4. The zero-order chi connectivity index (χ0) is 17.5. The molecule has 2 N–H and O–H groups in total. The van der Waals surface area contributed by atoms with Gasteiger partial charge >= 0.3 is 0 Å². The monoisotopic (exact) mass is 370 g/mol. The standard InChI is InChI=1S/C19H22N4S2/c1-14(17-9-6-10-24-17)11-21-19(20-2)22-12-18-23-16(13-25-18)15-7-4-3-5-8-15/h3-10,13-14H,11-12H2,1-2H3,(H2,20,21,22). The molecule has 6 heteroatoms. The van der Waals surface area contributed by atoms with Gasteiger partial charge in [-0.2, -0.15) is 0 Å². The lowest BCUT2D eigenvalue weighted by Gasteiger charge is -2.14. The van der Waals surface area contributed by atoms with Crippen molar-refractivity contribution < 1.29 is 0 Å². The summed E-state index contributed by atoms with van der Waals surface area (Å²) in [6, 6.07) is 14.5. The molecule has 25 heavy (non-hydrogen) atoms. The number of hydrogen-bond acceptors (Lipinski definition) is 4. The molecule has 3 aromatic rings. The Kier molecular flexibility index (Phi) is 6.19. The summed E-state index contributed by atoms with van der Waals surface area (Å²) < 4.78 is 0. The molecule has 0 aliphatic heterocycles. The molecule has 0 saturated carbocycles. The lowest BCUT2D eigenvalue weighted by Crippen LogP contribution is -2.38. The maximum absolute atomic E-state index is 4.70. The van der Waals surface area contributed by atoms with Crippen LogP contribution >= 0.6 is 22.7 Å². The smallest absolute Gasteiger partial charge is 0.191 e. The van der Waals surface area contributed by atoms with E-state index in [9.17, 15) is 0 Å². The van der Waals surface area contributed by atoms with E-state index in [1.807, 2.05) is 18.2 Å². The molecule has 0 radical (unpaired) electrons. The molecule has 0 aliphatic carbocycles. The molecule has 2 aromatic heterocycles. The Morgan fingerprint density at radius 2 is 1.96 bits per heavy atom. The van der Waals surface area contributed by atoms with Gasteiger partial charge in [-0.25, -0.2) is 4.98 Å². The van der Waals surface area contributed by atoms with Crippen LogP contribution in [0, 0.1) is 0 Å². The Morgan fingerprint density at radius 3 is 2.68 bits per heavy atom. The van der Waals surface area contributed by atoms with Crippen LogP contribution in [0.2, 0.25) is 0 Å². The van der Waals surface area contributed by atoms with E-state index in [4.69, 9.17) is 4.98 Å². The highest BCUT2D eigenvalue weighted by atomic mass is 32.1. The number of nitrogens with zero attached hydrogens (tertiary/aromatic N) is 2. The van der Waals surface area contributed by atoms with Gasteiger partial charge in [-0.15, -0.1) is 22.7 Å². The molecule has 1 aromatic carbocycles. The Balaban J connectivity index is 1.51. The Labute approximate surface area is 156 Å². The van der Waals surface area contributed by atoms with Gasteiger partial charge < -0.3 is 10.6 Å². The van der Waals surface area contributed by atoms with Crippen LogP contribution in [-0.2, 0) is 6.54 Å². The molecule has 0 aliphatic rings. The lowest BCUT2D eigenvalue weighted by atomic mass is 10.1. The number of hydrogen-bond donors (Lipinski definition) is 2. The second-order valence-electron chi connectivity index (χ2n) is 5.72. The zero-order valence-corrected chi connectivity index (χ0v) is 16.0. The minimum atomic E-state index is 0.461. The summed E-state index contributed by atoms with van der Waals surface area (Å²) in [7, 11) is 1.79. The molecule has 0 saturated heterocycles. The third-order valence-corrected chi connectivity index (χ3v) is 5.81. The van der Waals surface area contributed by atoms with Gasteiger partial charge in [0.1, 0.15) is 5.01 Å². The third kappa shape index (κ3) is 4.90. The number of thiophene rings is 1. The van der Waals surface area contributed by atoms with E-state index in [0.29, 0.717) is 12.5 Å². The second kappa shape index (κ2) is 8.78. The van der Waals surface area contributed by atoms with Crippen LogP contribution in [0.15, 0.2) is 58.2 Å². The molecule has 0 amide bonds. The van der Waals surface area contributed by atoms with Crippen molar-refractivity contribution in [2.75, 3.05) is 13.6 Å². The number of aromatic nitrogens is 1. The van der Waals surface area contributed by atoms with E-state index < -0.39 is 0 Å². The number of nitrogens with one attached hydrogen (secondary N) is 2. The van der Waals surface area contributed by atoms with Crippen molar-refractivity contribution in [3.05, 3.63) is 63.1 Å². The molecule has 0 bridgehead atoms. The minimum absolute atomic E-state index is 0.461. The summed E-state index contributed by atoms with van der Waals surface area (Å²) >= 11 is 3.46. The van der Waals surface area contributed by atoms with Gasteiger partial charge in [-0.1, -0.05) is 43.3 Å². The van der Waals surface area contributed by atoms with E-state index in [1.54, 1.807) is 29.7 Å². The molecule has 130 valence electrons. The first kappa shape index (κ1) is 17.6. The lowest BCUT2D eigenvalue weighted by molar-refractivity contribution is 0.708. The van der Waals surface area contributed by atoms with Crippen LogP contribution in [0.5, 0.6) is 0 Å². The Hall–Kier alpha value is -2.18. The van der Waals surface area contributed by atoms with Crippen LogP contribution in [0.3, 0.4) is 0 Å². The second-order valence-corrected chi connectivity index (χ2v) is 7.64. The van der Waals surface area contributed by atoms with Gasteiger partial charge in [0.25, 0.3) is 0 Å². The summed E-state index contributed by atoms with van der Waals surface area (Å²) in [4.78, 5) is 10.4. The summed E-state index contributed by atoms with van der Waals surface area (Å²) in [6.07, 6.45) is 0. The molecule has 1 atom stereocenters. The fraction of sp³-hybridized carbons (Fsp3) is 0.263. The summed E-state index contributed by atoms with van der Waals surface area (Å²) in [6.45, 7) is 3.75. The van der Waals surface area contributed by atoms with Gasteiger partial charge in [-0.3, -0.25) is 4.99 Å². The maximum atomic E-state index is 4.70. The van der Waals surface area contributed by atoms with Crippen LogP contribution in [-0.4, -0.2) is 24.5 Å². The van der Waals surface area contributed by atoms with Crippen molar-refractivity contribution in [2.45, 2.75) is 19.4 Å². The van der Waals surface area contributed by atoms with E-state index in [-0.39, 0.29) is 0 Å². The number of thiazole rings is 1. The van der Waals surface area contributed by atoms with Crippen molar-refractivity contribution in [3.63, 3.8) is 0 Å². The highest BCUT2D eigenvalue weighted by Gasteiger charge is 2.08. The predicted molar refractivity (Wildman–Crippen MR) is 108 cm³/mol. The van der Waals surface area contributed by atoms with Gasteiger partial charge in [-0.05, 0) is 11.4 Å². The first-order valence-electron chi connectivity index (χ1n) is 8.24. The van der Waals surface area contributed by atoms with Gasteiger partial charge in [0.15, 0.2) is 5.96 Å². The molecule has 0 spiro atoms. The number of aliphatic imine (C=N–C) groups is 1. The normalized spacial score (nSPS) is 12.8. The quantitative estimate of drug-likeness (QED) is 0.501. The predicted octanol–water partition coefficient (Wildman–Crippen LogP) is 4.34. The maximum Gasteiger partial charge on any atom is 0.191 e. The molecule has 0 fully saturated rings. The molecule has 1 unspecified atom stereocenters. The number of guanidine groups is 1. The van der Waals surface area contributed by atoms with Crippen LogP contribution in [0.4, 0.5) is 0 Å². The van der Waals surface area contributed by atoms with Crippen LogP contribution in [0.25, 0.3) is 11.3 Å². The highest BCUT2D eigenvalue weighted by Crippen LogP contribution is 2.21. The largest absolute Gasteiger partial charge is 0.356 e. The van der Waals surface area contributed by atoms with E-state index in [2.05, 4.69) is 57.6 Å². The molecule has 3 rings (SSSR count). The van der Waals surface area contributed by atoms with Gasteiger partial charge in [0.05, 0.1) is 12.2 Å². The van der Waals surface area contributed by atoms with E-state index in [0.717, 1.165) is 28.8 Å². The fourth-order valence-electron chi connectivity index (χ4n) is 2.44. The summed E-state index contributed by atoms with van der Waals surface area (Å²) in [5.41, 5.74) is 2.17. The van der Waals surface area contributed by atoms with Crippen molar-refractivity contribution in [1.29, 1.82) is 0 Å². The highest BCUT2D eigenvalue weighted by molar-refractivity contribution is 7.10. The fourth-order valence-corrected chi connectivity index (χ4v) is 3.97. The topological polar surface area (TPSA) is 49.3 Å².